The number of carbonyl (C=O) groups excluding carboxylic acids is 1. The Labute approximate surface area is 58.6 Å². The standard InChI is InChI=1S/C3H3ClO.C2H6O2/c1-2-3(4)5;3-1-2-4/h2H,1H2;3-4H,1-2H2. The SMILES string of the molecule is C=CC(=O)Cl.OCCO. The number of rotatable bonds is 2. The monoisotopic (exact) mass is 152 g/mol. The summed E-state index contributed by atoms with van der Waals surface area (Å²) in [4.78, 5) is 9.46. The molecule has 0 saturated heterocycles. The minimum Gasteiger partial charge on any atom is -0.394 e. The van der Waals surface area contributed by atoms with Gasteiger partial charge < -0.3 is 10.2 Å². The van der Waals surface area contributed by atoms with E-state index in [0.717, 1.165) is 6.08 Å². The minimum absolute atomic E-state index is 0.125. The van der Waals surface area contributed by atoms with Crippen molar-refractivity contribution in [1.82, 2.24) is 0 Å². The maximum absolute atomic E-state index is 9.46. The fourth-order valence-corrected chi connectivity index (χ4v) is 0. The molecule has 0 rings (SSSR count). The van der Waals surface area contributed by atoms with Crippen molar-refractivity contribution in [3.05, 3.63) is 12.7 Å². The molecule has 0 fully saturated rings. The highest BCUT2D eigenvalue weighted by molar-refractivity contribution is 6.66. The van der Waals surface area contributed by atoms with Crippen LogP contribution in [-0.4, -0.2) is 28.7 Å². The van der Waals surface area contributed by atoms with Crippen molar-refractivity contribution in [2.24, 2.45) is 0 Å². The molecule has 3 nitrogen and oxygen atoms in total. The maximum atomic E-state index is 9.46. The summed E-state index contributed by atoms with van der Waals surface area (Å²) in [5.74, 6) is 0. The van der Waals surface area contributed by atoms with Crippen LogP contribution in [0.4, 0.5) is 0 Å². The smallest absolute Gasteiger partial charge is 0.244 e. The summed E-state index contributed by atoms with van der Waals surface area (Å²) in [5, 5.41) is 14.7. The van der Waals surface area contributed by atoms with Gasteiger partial charge in [-0.25, -0.2) is 0 Å². The van der Waals surface area contributed by atoms with Crippen molar-refractivity contribution >= 4 is 16.8 Å². The summed E-state index contributed by atoms with van der Waals surface area (Å²) in [6, 6.07) is 0. The Kier molecular flexibility index (Phi) is 13.4. The zero-order chi connectivity index (χ0) is 7.70. The lowest BCUT2D eigenvalue weighted by molar-refractivity contribution is -0.107. The summed E-state index contributed by atoms with van der Waals surface area (Å²) < 4.78 is 0. The number of carbonyl (C=O) groups is 1. The van der Waals surface area contributed by atoms with Gasteiger partial charge in [0, 0.05) is 0 Å². The highest BCUT2D eigenvalue weighted by atomic mass is 35.5. The lowest BCUT2D eigenvalue weighted by Gasteiger charge is -1.70. The minimum atomic E-state index is -0.509. The van der Waals surface area contributed by atoms with E-state index < -0.39 is 5.24 Å². The zero-order valence-electron chi connectivity index (χ0n) is 4.88. The van der Waals surface area contributed by atoms with E-state index in [2.05, 4.69) is 6.58 Å². The van der Waals surface area contributed by atoms with E-state index in [1.54, 1.807) is 0 Å². The van der Waals surface area contributed by atoms with Gasteiger partial charge >= 0.3 is 0 Å². The summed E-state index contributed by atoms with van der Waals surface area (Å²) >= 11 is 4.71. The fraction of sp³-hybridized carbons (Fsp3) is 0.400. The first-order valence-corrected chi connectivity index (χ1v) is 2.60. The van der Waals surface area contributed by atoms with Gasteiger partial charge in [-0.3, -0.25) is 4.79 Å². The molecule has 0 radical (unpaired) electrons. The Hall–Kier alpha value is -0.380. The van der Waals surface area contributed by atoms with Crippen molar-refractivity contribution in [3.63, 3.8) is 0 Å². The second-order valence-corrected chi connectivity index (χ2v) is 1.33. The van der Waals surface area contributed by atoms with Gasteiger partial charge in [-0.2, -0.15) is 0 Å². The number of hydrogen-bond donors (Lipinski definition) is 2. The van der Waals surface area contributed by atoms with E-state index >= 15 is 0 Å². The average Bonchev–Trinajstić information content (AvgIpc) is 1.89. The van der Waals surface area contributed by atoms with Gasteiger partial charge in [0.05, 0.1) is 13.2 Å². The molecule has 0 atom stereocenters. The van der Waals surface area contributed by atoms with Gasteiger partial charge in [-0.15, -0.1) is 0 Å². The van der Waals surface area contributed by atoms with Gasteiger partial charge in [0.25, 0.3) is 0 Å². The zero-order valence-corrected chi connectivity index (χ0v) is 5.64. The first-order valence-electron chi connectivity index (χ1n) is 2.22. The molecule has 0 aliphatic heterocycles. The molecule has 0 amide bonds. The van der Waals surface area contributed by atoms with Crippen LogP contribution in [0, 0.1) is 0 Å². The molecule has 0 aromatic rings. The van der Waals surface area contributed by atoms with Crippen LogP contribution in [0.25, 0.3) is 0 Å². The van der Waals surface area contributed by atoms with E-state index in [1.807, 2.05) is 0 Å². The molecular weight excluding hydrogens is 144 g/mol. The van der Waals surface area contributed by atoms with Crippen LogP contribution in [0.3, 0.4) is 0 Å². The van der Waals surface area contributed by atoms with Crippen LogP contribution < -0.4 is 0 Å². The number of allylic oxidation sites excluding steroid dienone is 1. The van der Waals surface area contributed by atoms with E-state index in [4.69, 9.17) is 21.8 Å². The highest BCUT2D eigenvalue weighted by Gasteiger charge is 1.74. The van der Waals surface area contributed by atoms with E-state index in [0.29, 0.717) is 0 Å². The number of halogens is 1. The Balaban J connectivity index is 0. The summed E-state index contributed by atoms with van der Waals surface area (Å²) in [5.41, 5.74) is 0. The lowest BCUT2D eigenvalue weighted by Crippen LogP contribution is -1.85. The molecule has 0 aliphatic rings. The molecule has 0 bridgehead atoms. The Morgan fingerprint density at radius 2 is 1.78 bits per heavy atom. The summed E-state index contributed by atoms with van der Waals surface area (Å²) in [6.07, 6.45) is 1.04. The predicted octanol–water partition coefficient (Wildman–Crippen LogP) is -0.0912. The van der Waals surface area contributed by atoms with E-state index in [1.165, 1.54) is 0 Å². The second kappa shape index (κ2) is 10.6. The summed E-state index contributed by atoms with van der Waals surface area (Å²) in [7, 11) is 0. The lowest BCUT2D eigenvalue weighted by atomic mass is 10.7. The molecule has 9 heavy (non-hydrogen) atoms. The van der Waals surface area contributed by atoms with Crippen LogP contribution in [0.15, 0.2) is 12.7 Å². The summed E-state index contributed by atoms with van der Waals surface area (Å²) in [6.45, 7) is 2.83. The average molecular weight is 153 g/mol. The van der Waals surface area contributed by atoms with Gasteiger partial charge in [-0.1, -0.05) is 6.58 Å². The first kappa shape index (κ1) is 11.4. The Morgan fingerprint density at radius 3 is 1.78 bits per heavy atom. The van der Waals surface area contributed by atoms with E-state index in [-0.39, 0.29) is 13.2 Å². The third-order valence-electron chi connectivity index (χ3n) is 0.260. The Morgan fingerprint density at radius 1 is 1.56 bits per heavy atom. The molecule has 54 valence electrons. The van der Waals surface area contributed by atoms with Gasteiger partial charge in [0.1, 0.15) is 0 Å². The topological polar surface area (TPSA) is 57.5 Å². The molecule has 0 spiro atoms. The molecule has 0 aromatic heterocycles. The molecule has 2 N–H and O–H groups in total. The molecule has 0 aromatic carbocycles. The van der Waals surface area contributed by atoms with Crippen LogP contribution >= 0.6 is 11.6 Å². The van der Waals surface area contributed by atoms with E-state index in [9.17, 15) is 4.79 Å². The third kappa shape index (κ3) is 35.1. The van der Waals surface area contributed by atoms with Crippen LogP contribution in [-0.2, 0) is 4.79 Å². The number of aliphatic hydroxyl groups is 2. The normalized spacial score (nSPS) is 7.00. The third-order valence-corrected chi connectivity index (χ3v) is 0.415. The Bertz CT molecular complexity index is 80.3. The van der Waals surface area contributed by atoms with Crippen molar-refractivity contribution in [1.29, 1.82) is 0 Å². The van der Waals surface area contributed by atoms with Gasteiger partial charge in [0.15, 0.2) is 0 Å². The van der Waals surface area contributed by atoms with Crippen LogP contribution in [0.1, 0.15) is 0 Å². The van der Waals surface area contributed by atoms with Crippen molar-refractivity contribution < 1.29 is 15.0 Å². The molecule has 0 saturated carbocycles. The highest BCUT2D eigenvalue weighted by Crippen LogP contribution is 1.74. The quantitative estimate of drug-likeness (QED) is 0.430. The van der Waals surface area contributed by atoms with Crippen LogP contribution in [0.5, 0.6) is 0 Å². The van der Waals surface area contributed by atoms with Crippen LogP contribution in [0.2, 0.25) is 0 Å². The first-order chi connectivity index (χ1) is 4.18. The second-order valence-electron chi connectivity index (χ2n) is 0.955. The largest absolute Gasteiger partial charge is 0.394 e. The van der Waals surface area contributed by atoms with Crippen molar-refractivity contribution in [2.75, 3.05) is 13.2 Å². The molecule has 4 heteroatoms. The van der Waals surface area contributed by atoms with Crippen molar-refractivity contribution in [2.45, 2.75) is 0 Å². The van der Waals surface area contributed by atoms with Gasteiger partial charge in [-0.05, 0) is 17.7 Å². The molecular formula is C5H9ClO3. The predicted molar refractivity (Wildman–Crippen MR) is 35.2 cm³/mol. The number of aliphatic hydroxyl groups excluding tert-OH is 2. The molecule has 0 aliphatic carbocycles. The van der Waals surface area contributed by atoms with Crippen molar-refractivity contribution in [3.8, 4) is 0 Å². The van der Waals surface area contributed by atoms with Gasteiger partial charge in [0.2, 0.25) is 5.24 Å². The fourth-order valence-electron chi connectivity index (χ4n) is 0. The maximum Gasteiger partial charge on any atom is 0.244 e. The molecule has 0 heterocycles. The molecule has 0 unspecified atom stereocenters. The number of hydrogen-bond acceptors (Lipinski definition) is 3.